The molecule has 0 aromatic heterocycles. The van der Waals surface area contributed by atoms with E-state index in [1.807, 2.05) is 6.07 Å². The molecule has 4 heteroatoms. The third-order valence-electron chi connectivity index (χ3n) is 7.34. The first kappa shape index (κ1) is 17.7. The molecule has 0 radical (unpaired) electrons. The highest BCUT2D eigenvalue weighted by Crippen LogP contribution is 2.47. The Morgan fingerprint density at radius 3 is 2.68 bits per heavy atom. The number of nitrogens with two attached hydrogens (primary N) is 1. The van der Waals surface area contributed by atoms with Crippen molar-refractivity contribution in [3.05, 3.63) is 65.2 Å². The predicted molar refractivity (Wildman–Crippen MR) is 112 cm³/mol. The Morgan fingerprint density at radius 1 is 1.11 bits per heavy atom. The number of benzene rings is 2. The molecule has 3 N–H and O–H groups in total. The van der Waals surface area contributed by atoms with Crippen molar-refractivity contribution in [1.82, 2.24) is 10.2 Å². The predicted octanol–water partition coefficient (Wildman–Crippen LogP) is 3.08. The second-order valence-corrected chi connectivity index (χ2v) is 8.77. The maximum Gasteiger partial charge on any atom is 0.227 e. The van der Waals surface area contributed by atoms with Crippen molar-refractivity contribution in [3.63, 3.8) is 0 Å². The summed E-state index contributed by atoms with van der Waals surface area (Å²) in [5.74, 6) is 0.975. The van der Waals surface area contributed by atoms with Crippen LogP contribution in [0.1, 0.15) is 41.9 Å². The van der Waals surface area contributed by atoms with Gasteiger partial charge in [0.25, 0.3) is 0 Å². The molecule has 0 saturated carbocycles. The molecular formula is C24H29N3O. The van der Waals surface area contributed by atoms with Crippen LogP contribution < -0.4 is 11.1 Å². The summed E-state index contributed by atoms with van der Waals surface area (Å²) in [7, 11) is 0. The van der Waals surface area contributed by atoms with Gasteiger partial charge in [-0.05, 0) is 60.4 Å². The van der Waals surface area contributed by atoms with Crippen LogP contribution in [-0.2, 0) is 16.6 Å². The van der Waals surface area contributed by atoms with E-state index < -0.39 is 0 Å². The number of carbonyl (C=O) groups excluding carboxylic acids is 1. The number of hydrogen-bond donors (Lipinski definition) is 2. The van der Waals surface area contributed by atoms with Gasteiger partial charge in [0.2, 0.25) is 5.91 Å². The number of amides is 1. The van der Waals surface area contributed by atoms with Crippen molar-refractivity contribution < 1.29 is 4.79 Å². The molecule has 2 saturated heterocycles. The van der Waals surface area contributed by atoms with E-state index >= 15 is 0 Å². The van der Waals surface area contributed by atoms with Gasteiger partial charge < -0.3 is 16.0 Å². The number of nitrogen functional groups attached to an aromatic ring is 1. The second kappa shape index (κ2) is 6.93. The largest absolute Gasteiger partial charge is 0.399 e. The second-order valence-electron chi connectivity index (χ2n) is 8.77. The zero-order valence-corrected chi connectivity index (χ0v) is 16.4. The number of fused-ring (bicyclic) bond motifs is 2. The molecule has 4 nitrogen and oxygen atoms in total. The number of anilines is 1. The van der Waals surface area contributed by atoms with Gasteiger partial charge in [-0.15, -0.1) is 0 Å². The molecule has 1 amide bonds. The van der Waals surface area contributed by atoms with Gasteiger partial charge in [0.15, 0.2) is 0 Å². The summed E-state index contributed by atoms with van der Waals surface area (Å²) in [6, 6.07) is 17.0. The average molecular weight is 376 g/mol. The molecule has 1 spiro atoms. The van der Waals surface area contributed by atoms with Crippen LogP contribution in [0, 0.1) is 5.92 Å². The molecule has 2 atom stereocenters. The van der Waals surface area contributed by atoms with Crippen LogP contribution in [0.4, 0.5) is 5.69 Å². The summed E-state index contributed by atoms with van der Waals surface area (Å²) in [4.78, 5) is 15.7. The van der Waals surface area contributed by atoms with Crippen LogP contribution in [0.3, 0.4) is 0 Å². The van der Waals surface area contributed by atoms with Crippen molar-refractivity contribution in [2.75, 3.05) is 31.9 Å². The summed E-state index contributed by atoms with van der Waals surface area (Å²) in [5, 5.41) is 3.54. The number of nitrogens with one attached hydrogen (secondary N) is 1. The van der Waals surface area contributed by atoms with Crippen LogP contribution in [0.5, 0.6) is 0 Å². The fraction of sp³-hybridized carbons (Fsp3) is 0.458. The SMILES string of the molecule is Nc1ccc2c(c1)CCC21CNCC1C(=O)N1CCC(c2ccccc2)CC1. The maximum atomic E-state index is 13.5. The molecule has 2 aliphatic heterocycles. The summed E-state index contributed by atoms with van der Waals surface area (Å²) < 4.78 is 0. The summed E-state index contributed by atoms with van der Waals surface area (Å²) >= 11 is 0. The lowest BCUT2D eigenvalue weighted by molar-refractivity contribution is -0.137. The van der Waals surface area contributed by atoms with Crippen molar-refractivity contribution in [1.29, 1.82) is 0 Å². The molecule has 28 heavy (non-hydrogen) atoms. The molecule has 0 bridgehead atoms. The minimum Gasteiger partial charge on any atom is -0.399 e. The molecule has 2 unspecified atom stereocenters. The summed E-state index contributed by atoms with van der Waals surface area (Å²) in [6.07, 6.45) is 4.21. The minimum atomic E-state index is -0.0452. The van der Waals surface area contributed by atoms with E-state index in [0.717, 1.165) is 57.5 Å². The lowest BCUT2D eigenvalue weighted by atomic mass is 9.72. The van der Waals surface area contributed by atoms with Crippen LogP contribution in [0.2, 0.25) is 0 Å². The molecule has 2 heterocycles. The number of hydrogen-bond acceptors (Lipinski definition) is 3. The standard InChI is InChI=1S/C24H29N3O/c25-20-6-7-21-19(14-20)8-11-24(21)16-26-15-22(24)23(28)27-12-9-18(10-13-27)17-4-2-1-3-5-17/h1-7,14,18,22,26H,8-13,15-16,25H2. The van der Waals surface area contributed by atoms with Gasteiger partial charge in [0.05, 0.1) is 5.92 Å². The van der Waals surface area contributed by atoms with E-state index in [4.69, 9.17) is 5.73 Å². The first-order chi connectivity index (χ1) is 13.7. The van der Waals surface area contributed by atoms with Gasteiger partial charge in [-0.1, -0.05) is 36.4 Å². The first-order valence-corrected chi connectivity index (χ1v) is 10.6. The highest BCUT2D eigenvalue weighted by Gasteiger charge is 2.52. The van der Waals surface area contributed by atoms with Gasteiger partial charge in [-0.25, -0.2) is 0 Å². The number of piperidine rings is 1. The lowest BCUT2D eigenvalue weighted by Gasteiger charge is -2.38. The van der Waals surface area contributed by atoms with Crippen molar-refractivity contribution >= 4 is 11.6 Å². The van der Waals surface area contributed by atoms with E-state index in [9.17, 15) is 4.79 Å². The van der Waals surface area contributed by atoms with Gasteiger partial charge >= 0.3 is 0 Å². The van der Waals surface area contributed by atoms with Crippen LogP contribution in [0.15, 0.2) is 48.5 Å². The van der Waals surface area contributed by atoms with Crippen LogP contribution >= 0.6 is 0 Å². The zero-order chi connectivity index (χ0) is 19.1. The highest BCUT2D eigenvalue weighted by molar-refractivity contribution is 5.82. The Balaban J connectivity index is 1.33. The van der Waals surface area contributed by atoms with E-state index in [-0.39, 0.29) is 11.3 Å². The minimum absolute atomic E-state index is 0.0452. The Bertz CT molecular complexity index is 873. The molecule has 1 aliphatic carbocycles. The Kier molecular flexibility index (Phi) is 4.39. The monoisotopic (exact) mass is 375 g/mol. The Hall–Kier alpha value is -2.33. The van der Waals surface area contributed by atoms with E-state index in [1.54, 1.807) is 0 Å². The molecule has 2 aromatic rings. The molecule has 146 valence electrons. The fourth-order valence-electron chi connectivity index (χ4n) is 5.80. The number of carbonyl (C=O) groups is 1. The van der Waals surface area contributed by atoms with Crippen molar-refractivity contribution in [3.8, 4) is 0 Å². The lowest BCUT2D eigenvalue weighted by Crippen LogP contribution is -2.47. The zero-order valence-electron chi connectivity index (χ0n) is 16.4. The normalized spacial score (nSPS) is 27.3. The molecule has 2 aromatic carbocycles. The molecular weight excluding hydrogens is 346 g/mol. The Labute approximate surface area is 167 Å². The number of rotatable bonds is 2. The number of likely N-dealkylation sites (tertiary alicyclic amines) is 1. The van der Waals surface area contributed by atoms with Crippen molar-refractivity contribution in [2.45, 2.75) is 37.0 Å². The van der Waals surface area contributed by atoms with Gasteiger partial charge in [0.1, 0.15) is 0 Å². The van der Waals surface area contributed by atoms with Crippen LogP contribution in [0.25, 0.3) is 0 Å². The van der Waals surface area contributed by atoms with Gasteiger partial charge in [-0.2, -0.15) is 0 Å². The van der Waals surface area contributed by atoms with E-state index in [2.05, 4.69) is 52.7 Å². The number of nitrogens with zero attached hydrogens (tertiary/aromatic N) is 1. The Morgan fingerprint density at radius 2 is 1.89 bits per heavy atom. The van der Waals surface area contributed by atoms with Crippen LogP contribution in [-0.4, -0.2) is 37.0 Å². The molecule has 2 fully saturated rings. The molecule has 3 aliphatic rings. The third kappa shape index (κ3) is 2.82. The fourth-order valence-corrected chi connectivity index (χ4v) is 5.80. The quantitative estimate of drug-likeness (QED) is 0.793. The molecule has 5 rings (SSSR count). The summed E-state index contributed by atoms with van der Waals surface area (Å²) in [5.41, 5.74) is 10.9. The summed E-state index contributed by atoms with van der Waals surface area (Å²) in [6.45, 7) is 3.45. The van der Waals surface area contributed by atoms with Crippen molar-refractivity contribution in [2.24, 2.45) is 5.92 Å². The maximum absolute atomic E-state index is 13.5. The van der Waals surface area contributed by atoms with Gasteiger partial charge in [-0.3, -0.25) is 4.79 Å². The first-order valence-electron chi connectivity index (χ1n) is 10.6. The van der Waals surface area contributed by atoms with Gasteiger partial charge in [0, 0.05) is 37.3 Å². The smallest absolute Gasteiger partial charge is 0.227 e. The number of aryl methyl sites for hydroxylation is 1. The average Bonchev–Trinajstić information content (AvgIpc) is 3.33. The van der Waals surface area contributed by atoms with E-state index in [1.165, 1.54) is 16.7 Å². The highest BCUT2D eigenvalue weighted by atomic mass is 16.2. The third-order valence-corrected chi connectivity index (χ3v) is 7.34. The topological polar surface area (TPSA) is 58.4 Å². The van der Waals surface area contributed by atoms with E-state index in [0.29, 0.717) is 11.8 Å².